The zero-order chi connectivity index (χ0) is 15.4. The van der Waals surface area contributed by atoms with E-state index in [0.717, 1.165) is 5.69 Å². The molecule has 110 valence electrons. The number of hydrogen-bond donors (Lipinski definition) is 1. The van der Waals surface area contributed by atoms with Gasteiger partial charge in [-0.15, -0.1) is 5.10 Å². The Balaban J connectivity index is 1.70. The predicted octanol–water partition coefficient (Wildman–Crippen LogP) is 3.51. The first-order valence-corrected chi connectivity index (χ1v) is 6.82. The second-order valence-electron chi connectivity index (χ2n) is 4.42. The smallest absolute Gasteiger partial charge is 0.126 e. The SMILES string of the molecule is Fc1ccc(N/N=C/c2cn(-c3ccccc3Cl)nn2)cc1. The maximum Gasteiger partial charge on any atom is 0.126 e. The Bertz CT molecular complexity index is 798. The van der Waals surface area contributed by atoms with Crippen molar-refractivity contribution >= 4 is 23.5 Å². The van der Waals surface area contributed by atoms with Crippen LogP contribution in [0.4, 0.5) is 10.1 Å². The Morgan fingerprint density at radius 3 is 2.68 bits per heavy atom. The summed E-state index contributed by atoms with van der Waals surface area (Å²) in [5.41, 5.74) is 4.76. The van der Waals surface area contributed by atoms with Crippen molar-refractivity contribution in [3.8, 4) is 5.69 Å². The van der Waals surface area contributed by atoms with E-state index in [2.05, 4.69) is 20.8 Å². The molecular weight excluding hydrogens is 305 g/mol. The van der Waals surface area contributed by atoms with Crippen LogP contribution in [0.15, 0.2) is 59.8 Å². The molecule has 0 saturated heterocycles. The molecule has 22 heavy (non-hydrogen) atoms. The predicted molar refractivity (Wildman–Crippen MR) is 84.0 cm³/mol. The average molecular weight is 316 g/mol. The lowest BCUT2D eigenvalue weighted by molar-refractivity contribution is 0.628. The van der Waals surface area contributed by atoms with E-state index >= 15 is 0 Å². The van der Waals surface area contributed by atoms with Gasteiger partial charge >= 0.3 is 0 Å². The lowest BCUT2D eigenvalue weighted by atomic mass is 10.3. The Labute approximate surface area is 131 Å². The van der Waals surface area contributed by atoms with E-state index in [1.807, 2.05) is 18.2 Å². The minimum atomic E-state index is -0.294. The third-order valence-corrected chi connectivity index (χ3v) is 3.16. The van der Waals surface area contributed by atoms with Crippen molar-refractivity contribution in [1.82, 2.24) is 15.0 Å². The molecule has 1 N–H and O–H groups in total. The first kappa shape index (κ1) is 14.2. The first-order chi connectivity index (χ1) is 10.7. The summed E-state index contributed by atoms with van der Waals surface area (Å²) in [5.74, 6) is -0.294. The van der Waals surface area contributed by atoms with Gasteiger partial charge in [-0.25, -0.2) is 9.07 Å². The van der Waals surface area contributed by atoms with E-state index < -0.39 is 0 Å². The van der Waals surface area contributed by atoms with Crippen LogP contribution in [0.2, 0.25) is 5.02 Å². The van der Waals surface area contributed by atoms with E-state index in [1.165, 1.54) is 18.3 Å². The van der Waals surface area contributed by atoms with Crippen LogP contribution in [-0.2, 0) is 0 Å². The molecule has 3 rings (SSSR count). The van der Waals surface area contributed by atoms with Gasteiger partial charge in [-0.3, -0.25) is 5.43 Å². The molecule has 0 aliphatic carbocycles. The number of nitrogens with zero attached hydrogens (tertiary/aromatic N) is 4. The van der Waals surface area contributed by atoms with Gasteiger partial charge in [0.2, 0.25) is 0 Å². The van der Waals surface area contributed by atoms with Crippen LogP contribution in [-0.4, -0.2) is 21.2 Å². The van der Waals surface area contributed by atoms with Crippen LogP contribution >= 0.6 is 11.6 Å². The van der Waals surface area contributed by atoms with E-state index in [-0.39, 0.29) is 5.82 Å². The van der Waals surface area contributed by atoms with Crippen molar-refractivity contribution in [2.45, 2.75) is 0 Å². The highest BCUT2D eigenvalue weighted by atomic mass is 35.5. The quantitative estimate of drug-likeness (QED) is 0.592. The Kier molecular flexibility index (Phi) is 4.11. The van der Waals surface area contributed by atoms with Crippen molar-refractivity contribution in [2.24, 2.45) is 5.10 Å². The van der Waals surface area contributed by atoms with Gasteiger partial charge in [0.25, 0.3) is 0 Å². The van der Waals surface area contributed by atoms with Crippen LogP contribution in [0.25, 0.3) is 5.69 Å². The molecule has 0 amide bonds. The number of halogens is 2. The van der Waals surface area contributed by atoms with Gasteiger partial charge in [0.15, 0.2) is 0 Å². The van der Waals surface area contributed by atoms with Gasteiger partial charge < -0.3 is 0 Å². The zero-order valence-corrected chi connectivity index (χ0v) is 12.1. The normalized spacial score (nSPS) is 11.0. The highest BCUT2D eigenvalue weighted by Gasteiger charge is 2.04. The molecule has 5 nitrogen and oxygen atoms in total. The molecule has 0 aliphatic heterocycles. The topological polar surface area (TPSA) is 55.1 Å². The van der Waals surface area contributed by atoms with Gasteiger partial charge in [-0.2, -0.15) is 5.10 Å². The molecule has 0 radical (unpaired) electrons. The lowest BCUT2D eigenvalue weighted by Gasteiger charge is -2.01. The molecule has 0 fully saturated rings. The standard InChI is InChI=1S/C15H11ClFN5/c16-14-3-1-2-4-15(14)22-10-13(20-21-22)9-18-19-12-7-5-11(17)6-8-12/h1-10,19H/b18-9+. The van der Waals surface area contributed by atoms with Crippen molar-refractivity contribution in [1.29, 1.82) is 0 Å². The third kappa shape index (κ3) is 3.29. The van der Waals surface area contributed by atoms with Crippen LogP contribution in [0.1, 0.15) is 5.69 Å². The van der Waals surface area contributed by atoms with Gasteiger partial charge in [-0.05, 0) is 36.4 Å². The maximum atomic E-state index is 12.8. The van der Waals surface area contributed by atoms with Crippen LogP contribution in [0.5, 0.6) is 0 Å². The summed E-state index contributed by atoms with van der Waals surface area (Å²) in [7, 11) is 0. The highest BCUT2D eigenvalue weighted by molar-refractivity contribution is 6.32. The minimum Gasteiger partial charge on any atom is -0.278 e. The Morgan fingerprint density at radius 2 is 1.91 bits per heavy atom. The molecule has 1 heterocycles. The van der Waals surface area contributed by atoms with Crippen molar-refractivity contribution in [2.75, 3.05) is 5.43 Å². The molecule has 0 unspecified atom stereocenters. The number of hydrazone groups is 1. The summed E-state index contributed by atoms with van der Waals surface area (Å²) in [6, 6.07) is 13.2. The number of nitrogens with one attached hydrogen (secondary N) is 1. The second kappa shape index (κ2) is 6.36. The molecule has 2 aromatic carbocycles. The molecule has 0 atom stereocenters. The summed E-state index contributed by atoms with van der Waals surface area (Å²) in [4.78, 5) is 0. The van der Waals surface area contributed by atoms with Crippen molar-refractivity contribution in [3.05, 3.63) is 71.3 Å². The highest BCUT2D eigenvalue weighted by Crippen LogP contribution is 2.18. The number of benzene rings is 2. The first-order valence-electron chi connectivity index (χ1n) is 6.44. The number of aromatic nitrogens is 3. The zero-order valence-electron chi connectivity index (χ0n) is 11.3. The fraction of sp³-hybridized carbons (Fsp3) is 0. The summed E-state index contributed by atoms with van der Waals surface area (Å²) >= 11 is 6.10. The van der Waals surface area contributed by atoms with Gasteiger partial charge in [0, 0.05) is 0 Å². The molecule has 3 aromatic rings. The van der Waals surface area contributed by atoms with Crippen molar-refractivity contribution < 1.29 is 4.39 Å². The molecule has 1 aromatic heterocycles. The summed E-state index contributed by atoms with van der Waals surface area (Å²) in [6.07, 6.45) is 3.22. The van der Waals surface area contributed by atoms with Crippen LogP contribution in [0, 0.1) is 5.82 Å². The summed E-state index contributed by atoms with van der Waals surface area (Å²) < 4.78 is 14.3. The molecule has 0 saturated carbocycles. The number of anilines is 1. The molecular formula is C15H11ClFN5. The molecule has 0 spiro atoms. The van der Waals surface area contributed by atoms with E-state index in [9.17, 15) is 4.39 Å². The number of hydrogen-bond acceptors (Lipinski definition) is 4. The summed E-state index contributed by atoms with van der Waals surface area (Å²) in [6.45, 7) is 0. The third-order valence-electron chi connectivity index (χ3n) is 2.85. The fourth-order valence-corrected chi connectivity index (χ4v) is 2.01. The average Bonchev–Trinajstić information content (AvgIpc) is 2.98. The van der Waals surface area contributed by atoms with Crippen LogP contribution < -0.4 is 5.43 Å². The second-order valence-corrected chi connectivity index (χ2v) is 4.82. The minimum absolute atomic E-state index is 0.294. The largest absolute Gasteiger partial charge is 0.278 e. The number of rotatable bonds is 4. The molecule has 0 aliphatic rings. The monoisotopic (exact) mass is 315 g/mol. The van der Waals surface area contributed by atoms with E-state index in [4.69, 9.17) is 11.6 Å². The fourth-order valence-electron chi connectivity index (χ4n) is 1.79. The van der Waals surface area contributed by atoms with Gasteiger partial charge in [0.1, 0.15) is 11.5 Å². The Hall–Kier alpha value is -2.73. The Morgan fingerprint density at radius 1 is 1.14 bits per heavy atom. The van der Waals surface area contributed by atoms with Crippen LogP contribution in [0.3, 0.4) is 0 Å². The molecule has 0 bridgehead atoms. The number of para-hydroxylation sites is 1. The lowest BCUT2D eigenvalue weighted by Crippen LogP contribution is -1.95. The molecule has 7 heteroatoms. The maximum absolute atomic E-state index is 12.8. The van der Waals surface area contributed by atoms with Gasteiger partial charge in [-0.1, -0.05) is 28.9 Å². The van der Waals surface area contributed by atoms with Gasteiger partial charge in [0.05, 0.1) is 28.8 Å². The van der Waals surface area contributed by atoms with Crippen molar-refractivity contribution in [3.63, 3.8) is 0 Å². The van der Waals surface area contributed by atoms with E-state index in [1.54, 1.807) is 29.1 Å². The van der Waals surface area contributed by atoms with E-state index in [0.29, 0.717) is 16.4 Å². The summed E-state index contributed by atoms with van der Waals surface area (Å²) in [5, 5.41) is 12.6.